The van der Waals surface area contributed by atoms with Gasteiger partial charge in [0.2, 0.25) is 5.91 Å². The highest BCUT2D eigenvalue weighted by atomic mass is 16.2. The second-order valence-electron chi connectivity index (χ2n) is 6.30. The van der Waals surface area contributed by atoms with Crippen molar-refractivity contribution in [1.29, 1.82) is 0 Å². The summed E-state index contributed by atoms with van der Waals surface area (Å²) in [5.41, 5.74) is 4.75. The van der Waals surface area contributed by atoms with Crippen LogP contribution in [-0.2, 0) is 11.2 Å². The number of nitrogens with one attached hydrogen (secondary N) is 2. The average Bonchev–Trinajstić information content (AvgIpc) is 2.92. The Morgan fingerprint density at radius 3 is 2.52 bits per heavy atom. The van der Waals surface area contributed by atoms with Crippen LogP contribution in [0.4, 0.5) is 11.4 Å². The highest BCUT2D eigenvalue weighted by Gasteiger charge is 2.21. The van der Waals surface area contributed by atoms with Gasteiger partial charge in [0.1, 0.15) is 0 Å². The van der Waals surface area contributed by atoms with Crippen LogP contribution in [0.3, 0.4) is 0 Å². The maximum Gasteiger partial charge on any atom is 0.238 e. The van der Waals surface area contributed by atoms with Gasteiger partial charge in [0, 0.05) is 11.4 Å². The molecule has 0 radical (unpaired) electrons. The summed E-state index contributed by atoms with van der Waals surface area (Å²) in [4.78, 5) is 13.6. The standard InChI is InChI=1S/C19H23N3O/c1-22(2)13-19(23)21-16-10-8-15(9-11-16)20-18-12-7-14-5-3-4-6-17(14)18/h3-6,8-11,18,20H,7,12-13H2,1-2H3,(H,21,23)/t18-/m1/s1. The van der Waals surface area contributed by atoms with Gasteiger partial charge >= 0.3 is 0 Å². The van der Waals surface area contributed by atoms with Gasteiger partial charge in [-0.2, -0.15) is 0 Å². The van der Waals surface area contributed by atoms with Crippen LogP contribution < -0.4 is 10.6 Å². The number of benzene rings is 2. The Morgan fingerprint density at radius 2 is 1.78 bits per heavy atom. The van der Waals surface area contributed by atoms with Crippen molar-refractivity contribution >= 4 is 17.3 Å². The zero-order valence-corrected chi connectivity index (χ0v) is 13.7. The van der Waals surface area contributed by atoms with Gasteiger partial charge in [0.05, 0.1) is 12.6 Å². The summed E-state index contributed by atoms with van der Waals surface area (Å²) >= 11 is 0. The smallest absolute Gasteiger partial charge is 0.238 e. The van der Waals surface area contributed by atoms with Crippen LogP contribution in [-0.4, -0.2) is 31.4 Å². The number of nitrogens with zero attached hydrogens (tertiary/aromatic N) is 1. The molecule has 0 saturated heterocycles. The van der Waals surface area contributed by atoms with Crippen LogP contribution in [0.25, 0.3) is 0 Å². The molecule has 2 N–H and O–H groups in total. The number of aryl methyl sites for hydroxylation is 1. The summed E-state index contributed by atoms with van der Waals surface area (Å²) in [6.45, 7) is 0.388. The third-order valence-corrected chi connectivity index (χ3v) is 4.10. The number of likely N-dealkylation sites (N-methyl/N-ethyl adjacent to an activating group) is 1. The lowest BCUT2D eigenvalue weighted by molar-refractivity contribution is -0.116. The average molecular weight is 309 g/mol. The highest BCUT2D eigenvalue weighted by Crippen LogP contribution is 2.33. The van der Waals surface area contributed by atoms with E-state index in [0.717, 1.165) is 24.2 Å². The third-order valence-electron chi connectivity index (χ3n) is 4.10. The summed E-state index contributed by atoms with van der Waals surface area (Å²) < 4.78 is 0. The molecule has 2 aromatic carbocycles. The molecule has 1 amide bonds. The van der Waals surface area contributed by atoms with Crippen molar-refractivity contribution in [3.8, 4) is 0 Å². The Hall–Kier alpha value is -2.33. The predicted molar refractivity (Wildman–Crippen MR) is 94.8 cm³/mol. The number of hydrogen-bond donors (Lipinski definition) is 2. The number of amides is 1. The lowest BCUT2D eigenvalue weighted by atomic mass is 10.1. The second-order valence-corrected chi connectivity index (χ2v) is 6.30. The molecule has 1 atom stereocenters. The van der Waals surface area contributed by atoms with E-state index in [4.69, 9.17) is 0 Å². The minimum atomic E-state index is 0.000398. The maximum absolute atomic E-state index is 11.8. The number of hydrogen-bond acceptors (Lipinski definition) is 3. The molecule has 0 unspecified atom stereocenters. The lowest BCUT2D eigenvalue weighted by Crippen LogP contribution is -2.27. The van der Waals surface area contributed by atoms with Crippen LogP contribution in [0.5, 0.6) is 0 Å². The summed E-state index contributed by atoms with van der Waals surface area (Å²) in [5.74, 6) is 0.000398. The van der Waals surface area contributed by atoms with Gasteiger partial charge in [-0.25, -0.2) is 0 Å². The quantitative estimate of drug-likeness (QED) is 0.891. The van der Waals surface area contributed by atoms with Crippen molar-refractivity contribution in [2.45, 2.75) is 18.9 Å². The fourth-order valence-electron chi connectivity index (χ4n) is 3.05. The van der Waals surface area contributed by atoms with Gasteiger partial charge in [-0.15, -0.1) is 0 Å². The number of rotatable bonds is 5. The maximum atomic E-state index is 11.8. The van der Waals surface area contributed by atoms with Crippen molar-refractivity contribution in [3.63, 3.8) is 0 Å². The van der Waals surface area contributed by atoms with Crippen LogP contribution in [0, 0.1) is 0 Å². The zero-order chi connectivity index (χ0) is 16.2. The Kier molecular flexibility index (Phi) is 4.63. The second kappa shape index (κ2) is 6.84. The summed E-state index contributed by atoms with van der Waals surface area (Å²) in [6.07, 6.45) is 2.26. The van der Waals surface area contributed by atoms with Crippen molar-refractivity contribution in [3.05, 3.63) is 59.7 Å². The molecule has 3 rings (SSSR count). The Labute approximate surface area is 137 Å². The monoisotopic (exact) mass is 309 g/mol. The van der Waals surface area contributed by atoms with Crippen LogP contribution in [0.15, 0.2) is 48.5 Å². The largest absolute Gasteiger partial charge is 0.378 e. The number of carbonyl (C=O) groups is 1. The molecule has 0 bridgehead atoms. The van der Waals surface area contributed by atoms with Gasteiger partial charge in [-0.1, -0.05) is 24.3 Å². The molecule has 1 aliphatic carbocycles. The number of carbonyl (C=O) groups excluding carboxylic acids is 1. The van der Waals surface area contributed by atoms with Crippen molar-refractivity contribution in [2.24, 2.45) is 0 Å². The lowest BCUT2D eigenvalue weighted by Gasteiger charge is -2.16. The molecule has 0 heterocycles. The normalized spacial score (nSPS) is 16.2. The van der Waals surface area contributed by atoms with Crippen molar-refractivity contribution in [2.75, 3.05) is 31.3 Å². The summed E-state index contributed by atoms with van der Waals surface area (Å²) in [6, 6.07) is 16.9. The van der Waals surface area contributed by atoms with Crippen molar-refractivity contribution in [1.82, 2.24) is 4.90 Å². The molecule has 120 valence electrons. The van der Waals surface area contributed by atoms with E-state index in [2.05, 4.69) is 34.9 Å². The molecular weight excluding hydrogens is 286 g/mol. The first kappa shape index (κ1) is 15.6. The minimum absolute atomic E-state index is 0.000398. The van der Waals surface area contributed by atoms with Gasteiger partial charge in [-0.3, -0.25) is 4.79 Å². The van der Waals surface area contributed by atoms with E-state index in [0.29, 0.717) is 12.6 Å². The Balaban J connectivity index is 1.61. The molecular formula is C19H23N3O. The molecule has 4 heteroatoms. The van der Waals surface area contributed by atoms with Gasteiger partial charge in [-0.05, 0) is 62.3 Å². The van der Waals surface area contributed by atoms with E-state index in [-0.39, 0.29) is 5.91 Å². The van der Waals surface area contributed by atoms with E-state index < -0.39 is 0 Å². The summed E-state index contributed by atoms with van der Waals surface area (Å²) in [5, 5.41) is 6.49. The Morgan fingerprint density at radius 1 is 1.09 bits per heavy atom. The van der Waals surface area contributed by atoms with Crippen LogP contribution >= 0.6 is 0 Å². The predicted octanol–water partition coefficient (Wildman–Crippen LogP) is 3.29. The molecule has 2 aromatic rings. The molecule has 0 fully saturated rings. The first-order chi connectivity index (χ1) is 11.1. The van der Waals surface area contributed by atoms with Gasteiger partial charge in [0.25, 0.3) is 0 Å². The molecule has 0 saturated carbocycles. The fraction of sp³-hybridized carbons (Fsp3) is 0.316. The van der Waals surface area contributed by atoms with E-state index in [9.17, 15) is 4.79 Å². The SMILES string of the molecule is CN(C)CC(=O)Nc1ccc(N[C@@H]2CCc3ccccc32)cc1. The fourth-order valence-corrected chi connectivity index (χ4v) is 3.05. The minimum Gasteiger partial charge on any atom is -0.378 e. The number of anilines is 2. The molecule has 23 heavy (non-hydrogen) atoms. The molecule has 4 nitrogen and oxygen atoms in total. The van der Waals surface area contributed by atoms with E-state index in [1.807, 2.05) is 43.3 Å². The molecule has 0 spiro atoms. The van der Waals surface area contributed by atoms with Gasteiger partial charge < -0.3 is 15.5 Å². The van der Waals surface area contributed by atoms with E-state index in [1.165, 1.54) is 11.1 Å². The van der Waals surface area contributed by atoms with Gasteiger partial charge in [0.15, 0.2) is 0 Å². The molecule has 1 aliphatic rings. The topological polar surface area (TPSA) is 44.4 Å². The van der Waals surface area contributed by atoms with Crippen LogP contribution in [0.2, 0.25) is 0 Å². The van der Waals surface area contributed by atoms with E-state index >= 15 is 0 Å². The first-order valence-electron chi connectivity index (χ1n) is 8.01. The molecule has 0 aliphatic heterocycles. The summed E-state index contributed by atoms with van der Waals surface area (Å²) in [7, 11) is 3.76. The zero-order valence-electron chi connectivity index (χ0n) is 13.7. The highest BCUT2D eigenvalue weighted by molar-refractivity contribution is 5.92. The number of fused-ring (bicyclic) bond motifs is 1. The molecule has 0 aromatic heterocycles. The van der Waals surface area contributed by atoms with E-state index in [1.54, 1.807) is 0 Å². The Bertz CT molecular complexity index is 679. The first-order valence-corrected chi connectivity index (χ1v) is 8.01. The van der Waals surface area contributed by atoms with Crippen LogP contribution in [0.1, 0.15) is 23.6 Å². The van der Waals surface area contributed by atoms with Crippen molar-refractivity contribution < 1.29 is 4.79 Å². The third kappa shape index (κ3) is 3.90.